The summed E-state index contributed by atoms with van der Waals surface area (Å²) in [5, 5.41) is 15.4. The number of likely N-dealkylation sites (N-methyl/N-ethyl adjacent to an activating group) is 1. The third-order valence-corrected chi connectivity index (χ3v) is 5.66. The van der Waals surface area contributed by atoms with E-state index in [1.807, 2.05) is 39.0 Å². The molecule has 0 aliphatic heterocycles. The van der Waals surface area contributed by atoms with E-state index >= 15 is 0 Å². The van der Waals surface area contributed by atoms with Gasteiger partial charge >= 0.3 is 6.09 Å². The van der Waals surface area contributed by atoms with E-state index in [1.54, 1.807) is 39.0 Å². The van der Waals surface area contributed by atoms with Crippen LogP contribution in [0.2, 0.25) is 5.02 Å². The molecule has 190 valence electrons. The van der Waals surface area contributed by atoms with E-state index in [2.05, 4.69) is 10.6 Å². The van der Waals surface area contributed by atoms with Crippen LogP contribution < -0.4 is 10.6 Å². The number of nitrogens with zero attached hydrogens (tertiary/aromatic N) is 1. The number of ether oxygens (including phenoxy) is 1. The molecule has 0 bridgehead atoms. The Kier molecular flexibility index (Phi) is 9.29. The van der Waals surface area contributed by atoms with Crippen molar-refractivity contribution in [2.75, 3.05) is 19.0 Å². The van der Waals surface area contributed by atoms with Crippen molar-refractivity contribution in [2.24, 2.45) is 0 Å². The number of aryl methyl sites for hydroxylation is 3. The van der Waals surface area contributed by atoms with E-state index in [4.69, 9.17) is 16.3 Å². The van der Waals surface area contributed by atoms with Gasteiger partial charge in [0.15, 0.2) is 0 Å². The van der Waals surface area contributed by atoms with Gasteiger partial charge in [-0.05, 0) is 64.3 Å². The second-order valence-electron chi connectivity index (χ2n) is 9.51. The van der Waals surface area contributed by atoms with Crippen molar-refractivity contribution < 1.29 is 24.2 Å². The number of carbonyl (C=O) groups is 3. The molecule has 0 saturated carbocycles. The molecule has 2 aromatic rings. The number of amides is 3. The van der Waals surface area contributed by atoms with Gasteiger partial charge in [-0.3, -0.25) is 9.59 Å². The highest BCUT2D eigenvalue weighted by Gasteiger charge is 2.35. The summed E-state index contributed by atoms with van der Waals surface area (Å²) in [7, 11) is 1.45. The molecule has 3 amide bonds. The van der Waals surface area contributed by atoms with E-state index in [0.29, 0.717) is 16.3 Å². The van der Waals surface area contributed by atoms with Gasteiger partial charge in [0, 0.05) is 7.05 Å². The molecule has 2 unspecified atom stereocenters. The summed E-state index contributed by atoms with van der Waals surface area (Å²) in [6, 6.07) is 8.44. The fourth-order valence-electron chi connectivity index (χ4n) is 3.65. The molecule has 2 atom stereocenters. The van der Waals surface area contributed by atoms with E-state index in [9.17, 15) is 19.5 Å². The zero-order valence-corrected chi connectivity index (χ0v) is 22.0. The third-order valence-electron chi connectivity index (χ3n) is 5.34. The molecule has 3 N–H and O–H groups in total. The number of alkyl carbamates (subject to hydrolysis) is 1. The highest BCUT2D eigenvalue weighted by molar-refractivity contribution is 6.34. The Morgan fingerprint density at radius 2 is 1.74 bits per heavy atom. The van der Waals surface area contributed by atoms with E-state index in [1.165, 1.54) is 11.9 Å². The zero-order valence-electron chi connectivity index (χ0n) is 21.2. The maximum Gasteiger partial charge on any atom is 0.408 e. The predicted octanol–water partition coefficient (Wildman–Crippen LogP) is 4.29. The number of para-hydroxylation sites is 1. The molecule has 0 aromatic heterocycles. The molecule has 0 aliphatic rings. The van der Waals surface area contributed by atoms with Gasteiger partial charge in [0.1, 0.15) is 17.7 Å². The molecule has 0 fully saturated rings. The number of hydrogen-bond acceptors (Lipinski definition) is 5. The molecule has 9 heteroatoms. The van der Waals surface area contributed by atoms with Gasteiger partial charge in [0.25, 0.3) is 5.91 Å². The van der Waals surface area contributed by atoms with Gasteiger partial charge in [0.05, 0.1) is 17.3 Å². The Morgan fingerprint density at radius 3 is 2.29 bits per heavy atom. The van der Waals surface area contributed by atoms with E-state index in [0.717, 1.165) is 16.7 Å². The number of benzene rings is 2. The van der Waals surface area contributed by atoms with Crippen LogP contribution in [-0.2, 0) is 14.3 Å². The number of rotatable bonds is 7. The molecule has 2 rings (SSSR count). The Bertz CT molecular complexity index is 1080. The van der Waals surface area contributed by atoms with Crippen LogP contribution in [0.25, 0.3) is 0 Å². The minimum absolute atomic E-state index is 0.367. The summed E-state index contributed by atoms with van der Waals surface area (Å²) in [5.74, 6) is -1.15. The van der Waals surface area contributed by atoms with E-state index in [-0.39, 0.29) is 0 Å². The average molecular weight is 504 g/mol. The molecule has 35 heavy (non-hydrogen) atoms. The molecule has 0 radical (unpaired) electrons. The van der Waals surface area contributed by atoms with Crippen LogP contribution in [0.15, 0.2) is 36.4 Å². The summed E-state index contributed by atoms with van der Waals surface area (Å²) in [6.07, 6.45) is -0.850. The first-order valence-corrected chi connectivity index (χ1v) is 11.6. The number of halogens is 1. The molecule has 0 saturated heterocycles. The van der Waals surface area contributed by atoms with Crippen molar-refractivity contribution in [3.8, 4) is 0 Å². The van der Waals surface area contributed by atoms with Crippen LogP contribution in [0, 0.1) is 20.8 Å². The van der Waals surface area contributed by atoms with Crippen molar-refractivity contribution in [3.63, 3.8) is 0 Å². The highest BCUT2D eigenvalue weighted by atomic mass is 35.5. The molecule has 0 aliphatic carbocycles. The lowest BCUT2D eigenvalue weighted by Gasteiger charge is -2.32. The SMILES string of the molecule is Cc1ccc(C(C(=O)Nc2c(C)cccc2Cl)N(C)C(=O)C(CO)NC(=O)OC(C)(C)C)c(C)c1. The zero-order chi connectivity index (χ0) is 26.5. The van der Waals surface area contributed by atoms with Crippen molar-refractivity contribution in [1.82, 2.24) is 10.2 Å². The first-order chi connectivity index (χ1) is 16.2. The average Bonchev–Trinajstić information content (AvgIpc) is 2.74. The lowest BCUT2D eigenvalue weighted by atomic mass is 9.96. The number of anilines is 1. The molecular weight excluding hydrogens is 470 g/mol. The molecule has 2 aromatic carbocycles. The smallest absolute Gasteiger partial charge is 0.408 e. The van der Waals surface area contributed by atoms with Gasteiger partial charge in [0.2, 0.25) is 5.91 Å². The summed E-state index contributed by atoms with van der Waals surface area (Å²) in [6.45, 7) is 9.98. The highest BCUT2D eigenvalue weighted by Crippen LogP contribution is 2.30. The van der Waals surface area contributed by atoms with Crippen LogP contribution >= 0.6 is 11.6 Å². The minimum atomic E-state index is -1.31. The topological polar surface area (TPSA) is 108 Å². The van der Waals surface area contributed by atoms with E-state index < -0.39 is 42.2 Å². The summed E-state index contributed by atoms with van der Waals surface area (Å²) < 4.78 is 5.20. The largest absolute Gasteiger partial charge is 0.444 e. The fraction of sp³-hybridized carbons (Fsp3) is 0.423. The summed E-state index contributed by atoms with van der Waals surface area (Å²) in [4.78, 5) is 40.4. The first-order valence-electron chi connectivity index (χ1n) is 11.2. The number of aliphatic hydroxyl groups excluding tert-OH is 1. The number of aliphatic hydroxyl groups is 1. The monoisotopic (exact) mass is 503 g/mol. The molecular formula is C26H34ClN3O5. The lowest BCUT2D eigenvalue weighted by molar-refractivity contribution is -0.139. The lowest BCUT2D eigenvalue weighted by Crippen LogP contribution is -2.52. The fourth-order valence-corrected chi connectivity index (χ4v) is 3.92. The van der Waals surface area contributed by atoms with Crippen molar-refractivity contribution in [2.45, 2.75) is 59.2 Å². The van der Waals surface area contributed by atoms with Crippen LogP contribution in [0.4, 0.5) is 10.5 Å². The van der Waals surface area contributed by atoms with Gasteiger partial charge < -0.3 is 25.4 Å². The van der Waals surface area contributed by atoms with Crippen molar-refractivity contribution >= 4 is 35.2 Å². The Labute approximate surface area is 211 Å². The predicted molar refractivity (Wildman–Crippen MR) is 136 cm³/mol. The maximum atomic E-state index is 13.6. The van der Waals surface area contributed by atoms with Gasteiger partial charge in [-0.25, -0.2) is 4.79 Å². The quantitative estimate of drug-likeness (QED) is 0.522. The summed E-state index contributed by atoms with van der Waals surface area (Å²) in [5.41, 5.74) is 2.83. The van der Waals surface area contributed by atoms with Gasteiger partial charge in [-0.15, -0.1) is 0 Å². The first kappa shape index (κ1) is 28.1. The Hall–Kier alpha value is -3.10. The summed E-state index contributed by atoms with van der Waals surface area (Å²) >= 11 is 6.31. The van der Waals surface area contributed by atoms with Crippen LogP contribution in [0.5, 0.6) is 0 Å². The van der Waals surface area contributed by atoms with Crippen LogP contribution in [0.1, 0.15) is 49.1 Å². The van der Waals surface area contributed by atoms with Gasteiger partial charge in [-0.2, -0.15) is 0 Å². The Morgan fingerprint density at radius 1 is 1.09 bits per heavy atom. The number of hydrogen-bond donors (Lipinski definition) is 3. The number of nitrogens with one attached hydrogen (secondary N) is 2. The van der Waals surface area contributed by atoms with Crippen molar-refractivity contribution in [1.29, 1.82) is 0 Å². The third kappa shape index (κ3) is 7.44. The molecule has 8 nitrogen and oxygen atoms in total. The minimum Gasteiger partial charge on any atom is -0.444 e. The second kappa shape index (κ2) is 11.6. The number of carbonyl (C=O) groups excluding carboxylic acids is 3. The van der Waals surface area contributed by atoms with Crippen LogP contribution in [-0.4, -0.2) is 53.2 Å². The molecule has 0 heterocycles. The standard InChI is InChI=1S/C26H34ClN3O5/c1-15-11-12-18(17(3)13-15)22(23(32)29-21-16(2)9-8-10-19(21)27)30(7)24(33)20(14-31)28-25(34)35-26(4,5)6/h8-13,20,22,31H,14H2,1-7H3,(H,28,34)(H,29,32). The maximum absolute atomic E-state index is 13.6. The second-order valence-corrected chi connectivity index (χ2v) is 9.92. The van der Waals surface area contributed by atoms with Crippen molar-refractivity contribution in [3.05, 3.63) is 63.7 Å². The van der Waals surface area contributed by atoms with Gasteiger partial charge in [-0.1, -0.05) is 47.5 Å². The molecule has 0 spiro atoms. The normalized spacial score (nSPS) is 12.9. The van der Waals surface area contributed by atoms with Crippen LogP contribution in [0.3, 0.4) is 0 Å². The Balaban J connectivity index is 2.42.